The van der Waals surface area contributed by atoms with Crippen LogP contribution in [0.25, 0.3) is 10.9 Å². The number of methoxy groups -OCH3 is 1. The number of rotatable bonds is 8. The molecule has 4 rings (SSSR count). The number of fused-ring (bicyclic) bond motifs is 1. The maximum absolute atomic E-state index is 14.8. The highest BCUT2D eigenvalue weighted by atomic mass is 19.1. The summed E-state index contributed by atoms with van der Waals surface area (Å²) >= 11 is 0. The number of carboxylic acids is 1. The Kier molecular flexibility index (Phi) is 8.87. The van der Waals surface area contributed by atoms with Crippen molar-refractivity contribution in [2.45, 2.75) is 31.8 Å². The molecule has 1 aliphatic rings. The van der Waals surface area contributed by atoms with E-state index in [9.17, 15) is 28.2 Å². The van der Waals surface area contributed by atoms with E-state index in [1.54, 1.807) is 18.2 Å². The molecular formula is C29H29F3N2O4. The monoisotopic (exact) mass is 526 g/mol. The molecule has 1 aromatic heterocycles. The Hall–Kier alpha value is -3.61. The Labute approximate surface area is 219 Å². The van der Waals surface area contributed by atoms with Crippen LogP contribution in [0.2, 0.25) is 0 Å². The third-order valence-electron chi connectivity index (χ3n) is 7.02. The summed E-state index contributed by atoms with van der Waals surface area (Å²) in [5.74, 6) is 3.13. The molecule has 1 saturated heterocycles. The van der Waals surface area contributed by atoms with E-state index in [1.807, 2.05) is 4.90 Å². The molecule has 0 aliphatic carbocycles. The number of nitrogens with zero attached hydrogens (tertiary/aromatic N) is 2. The van der Waals surface area contributed by atoms with Gasteiger partial charge in [-0.05, 0) is 68.0 Å². The van der Waals surface area contributed by atoms with Crippen molar-refractivity contribution >= 4 is 16.9 Å². The molecule has 0 saturated carbocycles. The molecule has 3 aromatic rings. The predicted molar refractivity (Wildman–Crippen MR) is 136 cm³/mol. The van der Waals surface area contributed by atoms with Crippen LogP contribution in [-0.4, -0.2) is 52.8 Å². The van der Waals surface area contributed by atoms with Crippen molar-refractivity contribution in [3.05, 3.63) is 71.2 Å². The summed E-state index contributed by atoms with van der Waals surface area (Å²) in [6.07, 6.45) is 1.44. The van der Waals surface area contributed by atoms with Gasteiger partial charge in [0.05, 0.1) is 31.5 Å². The number of carboxylic acid groups (broad SMARTS) is 1. The van der Waals surface area contributed by atoms with Gasteiger partial charge in [-0.15, -0.1) is 0 Å². The van der Waals surface area contributed by atoms with E-state index in [-0.39, 0.29) is 35.8 Å². The third kappa shape index (κ3) is 6.82. The number of hydrogen-bond donors (Lipinski definition) is 2. The van der Waals surface area contributed by atoms with E-state index in [1.165, 1.54) is 7.11 Å². The molecule has 3 atom stereocenters. The number of aliphatic hydroxyl groups is 1. The van der Waals surface area contributed by atoms with Crippen LogP contribution in [0.3, 0.4) is 0 Å². The van der Waals surface area contributed by atoms with Gasteiger partial charge in [0.1, 0.15) is 23.2 Å². The first-order valence-corrected chi connectivity index (χ1v) is 12.4. The van der Waals surface area contributed by atoms with Crippen molar-refractivity contribution in [1.29, 1.82) is 0 Å². The number of carbonyl (C=O) groups is 1. The van der Waals surface area contributed by atoms with E-state index in [2.05, 4.69) is 16.8 Å². The summed E-state index contributed by atoms with van der Waals surface area (Å²) in [4.78, 5) is 17.7. The number of piperidine rings is 1. The molecule has 200 valence electrons. The Balaban J connectivity index is 1.42. The van der Waals surface area contributed by atoms with Crippen LogP contribution in [0, 0.1) is 41.1 Å². The third-order valence-corrected chi connectivity index (χ3v) is 7.02. The predicted octanol–water partition coefficient (Wildman–Crippen LogP) is 4.94. The smallest absolute Gasteiger partial charge is 0.303 e. The Morgan fingerprint density at radius 3 is 2.66 bits per heavy atom. The fourth-order valence-corrected chi connectivity index (χ4v) is 5.16. The Morgan fingerprint density at radius 2 is 1.95 bits per heavy atom. The topological polar surface area (TPSA) is 82.9 Å². The standard InChI is InChI=1S/C29H29F3N2O4/c1-38-23-5-6-26-24(15-23)29(25(32)16-33-26)27(35)7-4-19-8-10-34(17-20(19)13-28(36)37)9-2-3-18-11-21(30)14-22(31)12-18/h5-6,11-12,14-16,19-20,27,35H,4,7-10,13,17H2,1H3,(H,36,37)/t19?,20?,27-/m1/s1. The average Bonchev–Trinajstić information content (AvgIpc) is 2.86. The highest BCUT2D eigenvalue weighted by molar-refractivity contribution is 5.84. The molecule has 6 nitrogen and oxygen atoms in total. The lowest BCUT2D eigenvalue weighted by atomic mass is 9.79. The van der Waals surface area contributed by atoms with Crippen LogP contribution in [0.15, 0.2) is 42.6 Å². The van der Waals surface area contributed by atoms with E-state index >= 15 is 0 Å². The van der Waals surface area contributed by atoms with Gasteiger partial charge in [-0.2, -0.15) is 0 Å². The fourth-order valence-electron chi connectivity index (χ4n) is 5.16. The zero-order valence-corrected chi connectivity index (χ0v) is 21.0. The summed E-state index contributed by atoms with van der Waals surface area (Å²) in [7, 11) is 1.51. The van der Waals surface area contributed by atoms with Gasteiger partial charge in [0.25, 0.3) is 0 Å². The van der Waals surface area contributed by atoms with Crippen LogP contribution in [0.4, 0.5) is 13.2 Å². The number of aromatic nitrogens is 1. The van der Waals surface area contributed by atoms with E-state index in [4.69, 9.17) is 4.74 Å². The quantitative estimate of drug-likeness (QED) is 0.405. The van der Waals surface area contributed by atoms with Crippen molar-refractivity contribution in [2.75, 3.05) is 26.7 Å². The van der Waals surface area contributed by atoms with Gasteiger partial charge in [-0.25, -0.2) is 13.2 Å². The largest absolute Gasteiger partial charge is 0.497 e. The number of hydrogen-bond acceptors (Lipinski definition) is 5. The Morgan fingerprint density at radius 1 is 1.18 bits per heavy atom. The molecule has 1 aliphatic heterocycles. The number of halogens is 3. The normalized spacial score (nSPS) is 18.6. The molecule has 2 heterocycles. The first-order chi connectivity index (χ1) is 18.2. The van der Waals surface area contributed by atoms with Gasteiger partial charge in [-0.1, -0.05) is 11.8 Å². The number of benzene rings is 2. The maximum Gasteiger partial charge on any atom is 0.303 e. The van der Waals surface area contributed by atoms with Crippen LogP contribution in [0.1, 0.15) is 42.9 Å². The lowest BCUT2D eigenvalue weighted by Gasteiger charge is -2.37. The second-order valence-corrected chi connectivity index (χ2v) is 9.60. The summed E-state index contributed by atoms with van der Waals surface area (Å²) in [5.41, 5.74) is 0.938. The maximum atomic E-state index is 14.8. The van der Waals surface area contributed by atoms with Crippen LogP contribution < -0.4 is 4.74 Å². The number of aliphatic carboxylic acids is 1. The minimum Gasteiger partial charge on any atom is -0.497 e. The van der Waals surface area contributed by atoms with Crippen molar-refractivity contribution in [1.82, 2.24) is 9.88 Å². The second kappa shape index (κ2) is 12.3. The molecule has 2 aromatic carbocycles. The first kappa shape index (κ1) is 27.4. The lowest BCUT2D eigenvalue weighted by Crippen LogP contribution is -2.41. The molecule has 0 amide bonds. The van der Waals surface area contributed by atoms with Gasteiger partial charge in [-0.3, -0.25) is 14.7 Å². The van der Waals surface area contributed by atoms with Crippen molar-refractivity contribution in [2.24, 2.45) is 11.8 Å². The van der Waals surface area contributed by atoms with Crippen molar-refractivity contribution in [3.63, 3.8) is 0 Å². The van der Waals surface area contributed by atoms with Gasteiger partial charge in [0.2, 0.25) is 0 Å². The fraction of sp³-hybridized carbons (Fsp3) is 0.379. The first-order valence-electron chi connectivity index (χ1n) is 12.4. The van der Waals surface area contributed by atoms with Crippen molar-refractivity contribution < 1.29 is 32.9 Å². The van der Waals surface area contributed by atoms with Gasteiger partial charge in [0.15, 0.2) is 0 Å². The van der Waals surface area contributed by atoms with E-state index in [0.29, 0.717) is 49.1 Å². The molecule has 2 N–H and O–H groups in total. The molecule has 0 radical (unpaired) electrons. The SMILES string of the molecule is COc1ccc2ncc(F)c([C@H](O)CCC3CCN(CC#Cc4cc(F)cc(F)c4)CC3CC(=O)O)c2c1. The van der Waals surface area contributed by atoms with Crippen LogP contribution >= 0.6 is 0 Å². The van der Waals surface area contributed by atoms with E-state index in [0.717, 1.165) is 24.4 Å². The molecular weight excluding hydrogens is 497 g/mol. The summed E-state index contributed by atoms with van der Waals surface area (Å²) in [6.45, 7) is 1.48. The van der Waals surface area contributed by atoms with Crippen molar-refractivity contribution in [3.8, 4) is 17.6 Å². The highest BCUT2D eigenvalue weighted by Crippen LogP contribution is 2.35. The summed E-state index contributed by atoms with van der Waals surface area (Å²) in [6, 6.07) is 8.17. The molecule has 2 unspecified atom stereocenters. The van der Waals surface area contributed by atoms with Gasteiger partial charge in [0, 0.05) is 35.5 Å². The number of likely N-dealkylation sites (tertiary alicyclic amines) is 1. The van der Waals surface area contributed by atoms with Crippen LogP contribution in [0.5, 0.6) is 5.75 Å². The zero-order valence-electron chi connectivity index (χ0n) is 21.0. The average molecular weight is 527 g/mol. The summed E-state index contributed by atoms with van der Waals surface area (Å²) in [5, 5.41) is 20.9. The molecule has 0 spiro atoms. The minimum absolute atomic E-state index is 0.0213. The summed E-state index contributed by atoms with van der Waals surface area (Å²) < 4.78 is 46.7. The highest BCUT2D eigenvalue weighted by Gasteiger charge is 2.31. The zero-order chi connectivity index (χ0) is 27.2. The van der Waals surface area contributed by atoms with Gasteiger partial charge >= 0.3 is 5.97 Å². The number of ether oxygens (including phenoxy) is 1. The molecule has 9 heteroatoms. The number of aliphatic hydroxyl groups excluding tert-OH is 1. The molecule has 1 fully saturated rings. The Bertz CT molecular complexity index is 1350. The van der Waals surface area contributed by atoms with Gasteiger partial charge < -0.3 is 14.9 Å². The number of pyridine rings is 1. The lowest BCUT2D eigenvalue weighted by molar-refractivity contribution is -0.139. The molecule has 0 bridgehead atoms. The molecule has 38 heavy (non-hydrogen) atoms. The second-order valence-electron chi connectivity index (χ2n) is 9.60. The minimum atomic E-state index is -1.09. The van der Waals surface area contributed by atoms with Crippen LogP contribution in [-0.2, 0) is 4.79 Å². The van der Waals surface area contributed by atoms with E-state index < -0.39 is 29.5 Å².